The number of alkyl halides is 1. The number of hydrogen-bond donors (Lipinski definition) is 4. The van der Waals surface area contributed by atoms with Crippen molar-refractivity contribution in [3.63, 3.8) is 0 Å². The first kappa shape index (κ1) is 28.8. The summed E-state index contributed by atoms with van der Waals surface area (Å²) in [6.45, 7) is 2.77. The van der Waals surface area contributed by atoms with Gasteiger partial charge in [0.15, 0.2) is 0 Å². The number of benzene rings is 3. The molecule has 1 atom stereocenters. The SMILES string of the molecule is Cc1ccc(-c2nc(C(=O)N[C@@H](CCCN=C(N)CCl)C(=O)NCc3ccccc3)cc3c2[nH]c2ccccc23)cc1. The number of nitrogens with zero attached hydrogens (tertiary/aromatic N) is 2. The van der Waals surface area contributed by atoms with Crippen LogP contribution in [-0.4, -0.2) is 46.1 Å². The zero-order chi connectivity index (χ0) is 29.5. The van der Waals surface area contributed by atoms with Crippen LogP contribution in [0, 0.1) is 6.92 Å². The van der Waals surface area contributed by atoms with Crippen LogP contribution in [0.3, 0.4) is 0 Å². The van der Waals surface area contributed by atoms with Gasteiger partial charge < -0.3 is 21.4 Å². The third-order valence-corrected chi connectivity index (χ3v) is 7.36. The van der Waals surface area contributed by atoms with E-state index in [2.05, 4.69) is 20.6 Å². The molecule has 0 fully saturated rings. The van der Waals surface area contributed by atoms with Crippen molar-refractivity contribution in [1.29, 1.82) is 0 Å². The van der Waals surface area contributed by atoms with Crippen molar-refractivity contribution >= 4 is 51.1 Å². The van der Waals surface area contributed by atoms with Gasteiger partial charge in [-0.1, -0.05) is 78.4 Å². The van der Waals surface area contributed by atoms with Gasteiger partial charge >= 0.3 is 0 Å². The molecule has 3 aromatic carbocycles. The molecule has 0 aliphatic carbocycles. The van der Waals surface area contributed by atoms with Crippen LogP contribution >= 0.6 is 11.6 Å². The summed E-state index contributed by atoms with van der Waals surface area (Å²) in [5, 5.41) is 7.76. The lowest BCUT2D eigenvalue weighted by molar-refractivity contribution is -0.123. The van der Waals surface area contributed by atoms with E-state index >= 15 is 0 Å². The van der Waals surface area contributed by atoms with E-state index in [1.165, 1.54) is 0 Å². The maximum absolute atomic E-state index is 13.7. The third-order valence-electron chi connectivity index (χ3n) is 7.09. The number of hydrogen-bond acceptors (Lipinski definition) is 4. The van der Waals surface area contributed by atoms with Crippen molar-refractivity contribution in [3.05, 3.63) is 102 Å². The Bertz CT molecular complexity index is 1730. The summed E-state index contributed by atoms with van der Waals surface area (Å²) in [5.41, 5.74) is 11.4. The van der Waals surface area contributed by atoms with Crippen molar-refractivity contribution in [2.75, 3.05) is 12.4 Å². The molecule has 214 valence electrons. The third kappa shape index (κ3) is 6.78. The number of rotatable bonds is 11. The smallest absolute Gasteiger partial charge is 0.270 e. The van der Waals surface area contributed by atoms with E-state index in [0.717, 1.165) is 38.5 Å². The Morgan fingerprint density at radius 3 is 2.50 bits per heavy atom. The Morgan fingerprint density at radius 1 is 1.00 bits per heavy atom. The molecule has 2 heterocycles. The van der Waals surface area contributed by atoms with Gasteiger partial charge in [0.05, 0.1) is 17.1 Å². The molecule has 0 spiro atoms. The fraction of sp³-hybridized carbons (Fsp3) is 0.212. The molecule has 9 heteroatoms. The van der Waals surface area contributed by atoms with Crippen molar-refractivity contribution in [3.8, 4) is 11.3 Å². The number of aromatic amines is 1. The quantitative estimate of drug-likeness (QED) is 0.0714. The average molecular weight is 581 g/mol. The number of amides is 2. The largest absolute Gasteiger partial charge is 0.386 e. The number of para-hydroxylation sites is 1. The topological polar surface area (TPSA) is 125 Å². The summed E-state index contributed by atoms with van der Waals surface area (Å²) in [5.74, 6) is -0.235. The van der Waals surface area contributed by atoms with Crippen LogP contribution in [0.25, 0.3) is 33.1 Å². The molecule has 0 radical (unpaired) electrons. The Kier molecular flexibility index (Phi) is 9.14. The second-order valence-electron chi connectivity index (χ2n) is 10.2. The highest BCUT2D eigenvalue weighted by molar-refractivity contribution is 6.28. The zero-order valence-electron chi connectivity index (χ0n) is 23.4. The lowest BCUT2D eigenvalue weighted by Gasteiger charge is -2.18. The molecule has 0 bridgehead atoms. The zero-order valence-corrected chi connectivity index (χ0v) is 24.1. The number of H-pyrrole nitrogens is 1. The number of aliphatic imine (C=N–C) groups is 1. The minimum absolute atomic E-state index is 0.142. The highest BCUT2D eigenvalue weighted by Gasteiger charge is 2.23. The number of halogens is 1. The molecule has 0 aliphatic heterocycles. The molecular formula is C33H33ClN6O2. The molecule has 0 unspecified atom stereocenters. The predicted molar refractivity (Wildman–Crippen MR) is 170 cm³/mol. The van der Waals surface area contributed by atoms with Crippen LogP contribution in [0.4, 0.5) is 0 Å². The number of carbonyl (C=O) groups excluding carboxylic acids is 2. The van der Waals surface area contributed by atoms with Gasteiger partial charge in [-0.3, -0.25) is 14.6 Å². The number of amidine groups is 1. The van der Waals surface area contributed by atoms with E-state index in [1.807, 2.05) is 85.8 Å². The summed E-state index contributed by atoms with van der Waals surface area (Å²) >= 11 is 5.73. The number of aromatic nitrogens is 2. The normalized spacial score (nSPS) is 12.4. The Labute approximate surface area is 249 Å². The van der Waals surface area contributed by atoms with Crippen molar-refractivity contribution in [2.24, 2.45) is 10.7 Å². The number of pyridine rings is 1. The molecule has 2 amide bonds. The van der Waals surface area contributed by atoms with Gasteiger partial charge in [-0.05, 0) is 37.5 Å². The molecule has 0 saturated carbocycles. The number of nitrogens with two attached hydrogens (primary N) is 1. The van der Waals surface area contributed by atoms with Crippen molar-refractivity contribution in [2.45, 2.75) is 32.4 Å². The first-order valence-electron chi connectivity index (χ1n) is 13.9. The van der Waals surface area contributed by atoms with E-state index in [0.29, 0.717) is 37.5 Å². The second-order valence-corrected chi connectivity index (χ2v) is 10.5. The number of fused-ring (bicyclic) bond motifs is 3. The van der Waals surface area contributed by atoms with Gasteiger partial charge in [0, 0.05) is 34.9 Å². The van der Waals surface area contributed by atoms with E-state index in [9.17, 15) is 9.59 Å². The Morgan fingerprint density at radius 2 is 1.74 bits per heavy atom. The van der Waals surface area contributed by atoms with Crippen molar-refractivity contribution in [1.82, 2.24) is 20.6 Å². The van der Waals surface area contributed by atoms with Gasteiger partial charge in [-0.2, -0.15) is 0 Å². The Hall–Kier alpha value is -4.69. The molecule has 2 aromatic heterocycles. The summed E-state index contributed by atoms with van der Waals surface area (Å²) in [6.07, 6.45) is 0.899. The van der Waals surface area contributed by atoms with Crippen LogP contribution in [0.1, 0.15) is 34.5 Å². The van der Waals surface area contributed by atoms with Crippen molar-refractivity contribution < 1.29 is 9.59 Å². The first-order chi connectivity index (χ1) is 20.4. The average Bonchev–Trinajstić information content (AvgIpc) is 3.40. The lowest BCUT2D eigenvalue weighted by Crippen LogP contribution is -2.46. The highest BCUT2D eigenvalue weighted by atomic mass is 35.5. The molecule has 0 saturated heterocycles. The first-order valence-corrected chi connectivity index (χ1v) is 14.4. The summed E-state index contributed by atoms with van der Waals surface area (Å²) in [7, 11) is 0. The van der Waals surface area contributed by atoms with E-state index in [4.69, 9.17) is 22.3 Å². The number of carbonyl (C=O) groups is 2. The molecule has 5 aromatic rings. The summed E-state index contributed by atoms with van der Waals surface area (Å²) in [6, 6.07) is 26.6. The van der Waals surface area contributed by atoms with Gasteiger partial charge in [0.1, 0.15) is 17.6 Å². The molecule has 8 nitrogen and oxygen atoms in total. The van der Waals surface area contributed by atoms with Crippen LogP contribution < -0.4 is 16.4 Å². The molecule has 0 aliphatic rings. The standard InChI is InChI=1S/C33H33ClN6O2/c1-21-13-15-23(16-14-21)30-31-25(24-10-5-6-11-26(24)38-31)18-28(39-30)33(42)40-27(12-7-17-36-29(35)19-34)32(41)37-20-22-8-3-2-4-9-22/h2-6,8-11,13-16,18,27,38H,7,12,17,19-20H2,1H3,(H2,35,36)(H,37,41)(H,40,42)/t27-/m0/s1. The predicted octanol–water partition coefficient (Wildman–Crippen LogP) is 5.48. The highest BCUT2D eigenvalue weighted by Crippen LogP contribution is 2.32. The molecule has 5 N–H and O–H groups in total. The van der Waals surface area contributed by atoms with Crippen LogP contribution in [0.15, 0.2) is 89.9 Å². The van der Waals surface area contributed by atoms with Crippen LogP contribution in [-0.2, 0) is 11.3 Å². The summed E-state index contributed by atoms with van der Waals surface area (Å²) < 4.78 is 0. The second kappa shape index (κ2) is 13.3. The fourth-order valence-corrected chi connectivity index (χ4v) is 4.94. The van der Waals surface area contributed by atoms with Crippen LogP contribution in [0.2, 0.25) is 0 Å². The molecule has 5 rings (SSSR count). The van der Waals surface area contributed by atoms with Gasteiger partial charge in [-0.15, -0.1) is 11.6 Å². The maximum atomic E-state index is 13.7. The molecular weight excluding hydrogens is 548 g/mol. The number of aryl methyl sites for hydroxylation is 1. The van der Waals surface area contributed by atoms with E-state index < -0.39 is 11.9 Å². The van der Waals surface area contributed by atoms with Gasteiger partial charge in [0.25, 0.3) is 5.91 Å². The monoisotopic (exact) mass is 580 g/mol. The Balaban J connectivity index is 1.45. The molecule has 42 heavy (non-hydrogen) atoms. The maximum Gasteiger partial charge on any atom is 0.270 e. The fourth-order valence-electron chi connectivity index (χ4n) is 4.85. The number of nitrogens with one attached hydrogen (secondary N) is 3. The van der Waals surface area contributed by atoms with Crippen LogP contribution in [0.5, 0.6) is 0 Å². The minimum Gasteiger partial charge on any atom is -0.386 e. The lowest BCUT2D eigenvalue weighted by atomic mass is 10.0. The van der Waals surface area contributed by atoms with E-state index in [-0.39, 0.29) is 17.5 Å². The van der Waals surface area contributed by atoms with Gasteiger partial charge in [0.2, 0.25) is 5.91 Å². The minimum atomic E-state index is -0.795. The van der Waals surface area contributed by atoms with Gasteiger partial charge in [-0.25, -0.2) is 4.98 Å². The summed E-state index contributed by atoms with van der Waals surface area (Å²) in [4.78, 5) is 39.5. The van der Waals surface area contributed by atoms with E-state index in [1.54, 1.807) is 6.07 Å².